The molecule has 6 heteroatoms. The topological polar surface area (TPSA) is 84.5 Å². The van der Waals surface area contributed by atoms with Gasteiger partial charge in [-0.05, 0) is 47.0 Å². The van der Waals surface area contributed by atoms with Gasteiger partial charge in [0, 0.05) is 12.6 Å². The predicted octanol–water partition coefficient (Wildman–Crippen LogP) is 4.16. The Hall–Kier alpha value is -3.67. The van der Waals surface area contributed by atoms with Crippen LogP contribution in [0.1, 0.15) is 29.8 Å². The van der Waals surface area contributed by atoms with Crippen molar-refractivity contribution in [2.24, 2.45) is 0 Å². The van der Waals surface area contributed by atoms with E-state index in [9.17, 15) is 14.4 Å². The summed E-state index contributed by atoms with van der Waals surface area (Å²) in [7, 11) is 0. The van der Waals surface area contributed by atoms with Crippen LogP contribution in [0.5, 0.6) is 0 Å². The first-order valence-corrected chi connectivity index (χ1v) is 9.32. The monoisotopic (exact) mass is 390 g/mol. The van der Waals surface area contributed by atoms with Gasteiger partial charge < -0.3 is 15.4 Å². The molecule has 0 atom stereocenters. The minimum Gasteiger partial charge on any atom is -0.452 e. The Bertz CT molecular complexity index is 1080. The molecular formula is C23H22N2O4. The van der Waals surface area contributed by atoms with E-state index >= 15 is 0 Å². The van der Waals surface area contributed by atoms with Crippen molar-refractivity contribution in [2.45, 2.75) is 20.3 Å². The first-order valence-electron chi connectivity index (χ1n) is 9.32. The number of carbonyl (C=O) groups excluding carboxylic acids is 3. The third kappa shape index (κ3) is 5.19. The zero-order valence-electron chi connectivity index (χ0n) is 16.3. The van der Waals surface area contributed by atoms with E-state index in [0.29, 0.717) is 11.4 Å². The van der Waals surface area contributed by atoms with Gasteiger partial charge in [0.2, 0.25) is 5.91 Å². The van der Waals surface area contributed by atoms with Gasteiger partial charge in [0.05, 0.1) is 11.3 Å². The first-order chi connectivity index (χ1) is 14.0. The number of hydrogen-bond donors (Lipinski definition) is 2. The molecule has 0 unspecified atom stereocenters. The molecular weight excluding hydrogens is 368 g/mol. The van der Waals surface area contributed by atoms with E-state index in [2.05, 4.69) is 10.6 Å². The van der Waals surface area contributed by atoms with Crippen molar-refractivity contribution in [3.63, 3.8) is 0 Å². The summed E-state index contributed by atoms with van der Waals surface area (Å²) >= 11 is 0. The number of ether oxygens (including phenoxy) is 1. The van der Waals surface area contributed by atoms with Crippen molar-refractivity contribution in [3.05, 3.63) is 71.8 Å². The van der Waals surface area contributed by atoms with Gasteiger partial charge in [-0.15, -0.1) is 0 Å². The molecule has 0 aliphatic carbocycles. The summed E-state index contributed by atoms with van der Waals surface area (Å²) in [5, 5.41) is 7.06. The van der Waals surface area contributed by atoms with E-state index in [1.54, 1.807) is 18.2 Å². The summed E-state index contributed by atoms with van der Waals surface area (Å²) in [6, 6.07) is 18.3. The Morgan fingerprint density at radius 2 is 1.62 bits per heavy atom. The van der Waals surface area contributed by atoms with Gasteiger partial charge in [-0.25, -0.2) is 4.79 Å². The summed E-state index contributed by atoms with van der Waals surface area (Å²) in [5.41, 5.74) is 2.28. The molecule has 6 nitrogen and oxygen atoms in total. The van der Waals surface area contributed by atoms with Gasteiger partial charge in [0.25, 0.3) is 5.91 Å². The molecule has 0 bridgehead atoms. The van der Waals surface area contributed by atoms with Crippen molar-refractivity contribution < 1.29 is 19.1 Å². The quantitative estimate of drug-likeness (QED) is 0.619. The highest BCUT2D eigenvalue weighted by Gasteiger charge is 2.17. The second-order valence-corrected chi connectivity index (χ2v) is 6.60. The number of benzene rings is 3. The summed E-state index contributed by atoms with van der Waals surface area (Å²) < 4.78 is 5.19. The summed E-state index contributed by atoms with van der Waals surface area (Å²) in [6.45, 7) is 2.96. The molecule has 2 amide bonds. The molecule has 0 saturated heterocycles. The van der Waals surface area contributed by atoms with E-state index in [4.69, 9.17) is 4.74 Å². The minimum atomic E-state index is -0.683. The van der Waals surface area contributed by atoms with E-state index < -0.39 is 18.5 Å². The van der Waals surface area contributed by atoms with Crippen LogP contribution in [0.15, 0.2) is 60.7 Å². The maximum atomic E-state index is 12.6. The second kappa shape index (κ2) is 9.01. The Morgan fingerprint density at radius 1 is 0.897 bits per heavy atom. The first kappa shape index (κ1) is 20.1. The van der Waals surface area contributed by atoms with Gasteiger partial charge in [-0.1, -0.05) is 43.3 Å². The highest BCUT2D eigenvalue weighted by atomic mass is 16.5. The summed E-state index contributed by atoms with van der Waals surface area (Å²) in [6.07, 6.45) is 0.854. The van der Waals surface area contributed by atoms with Gasteiger partial charge in [0.1, 0.15) is 0 Å². The Balaban J connectivity index is 1.73. The molecule has 148 valence electrons. The average Bonchev–Trinajstić information content (AvgIpc) is 2.71. The molecule has 0 aromatic heterocycles. The van der Waals surface area contributed by atoms with Crippen LogP contribution >= 0.6 is 0 Å². The Labute approximate surface area is 168 Å². The highest BCUT2D eigenvalue weighted by molar-refractivity contribution is 6.06. The van der Waals surface area contributed by atoms with Crippen LogP contribution in [0.25, 0.3) is 10.8 Å². The fraction of sp³-hybridized carbons (Fsp3) is 0.174. The van der Waals surface area contributed by atoms with Gasteiger partial charge in [0.15, 0.2) is 6.61 Å². The van der Waals surface area contributed by atoms with Gasteiger partial charge >= 0.3 is 5.97 Å². The van der Waals surface area contributed by atoms with Crippen LogP contribution in [-0.4, -0.2) is 24.4 Å². The Kier molecular flexibility index (Phi) is 6.24. The predicted molar refractivity (Wildman–Crippen MR) is 113 cm³/mol. The number of nitrogens with one attached hydrogen (secondary N) is 2. The standard InChI is InChI=1S/C23H22N2O4/c1-3-16-7-6-10-19(11-16)25-22(27)14-29-23(28)20-12-17-8-4-5-9-18(17)13-21(20)24-15(2)26/h4-13H,3,14H2,1-2H3,(H,24,26)(H,25,27). The third-order valence-corrected chi connectivity index (χ3v) is 4.37. The zero-order valence-corrected chi connectivity index (χ0v) is 16.3. The largest absolute Gasteiger partial charge is 0.452 e. The van der Waals surface area contributed by atoms with Gasteiger partial charge in [-0.2, -0.15) is 0 Å². The molecule has 29 heavy (non-hydrogen) atoms. The van der Waals surface area contributed by atoms with Crippen LogP contribution in [-0.2, 0) is 20.7 Å². The van der Waals surface area contributed by atoms with E-state index in [0.717, 1.165) is 22.8 Å². The molecule has 0 aliphatic heterocycles. The summed E-state index contributed by atoms with van der Waals surface area (Å²) in [5.74, 6) is -1.42. The Morgan fingerprint density at radius 3 is 2.31 bits per heavy atom. The number of rotatable bonds is 6. The highest BCUT2D eigenvalue weighted by Crippen LogP contribution is 2.25. The number of carbonyl (C=O) groups is 3. The van der Waals surface area contributed by atoms with E-state index in [1.165, 1.54) is 6.92 Å². The van der Waals surface area contributed by atoms with Gasteiger partial charge in [-0.3, -0.25) is 9.59 Å². The number of amides is 2. The molecule has 0 saturated carbocycles. The average molecular weight is 390 g/mol. The molecule has 3 aromatic rings. The van der Waals surface area contributed by atoms with Crippen LogP contribution in [0.3, 0.4) is 0 Å². The molecule has 0 spiro atoms. The number of aryl methyl sites for hydroxylation is 1. The lowest BCUT2D eigenvalue weighted by atomic mass is 10.0. The SMILES string of the molecule is CCc1cccc(NC(=O)COC(=O)c2cc3ccccc3cc2NC(C)=O)c1. The molecule has 2 N–H and O–H groups in total. The maximum absolute atomic E-state index is 12.6. The number of fused-ring (bicyclic) bond motifs is 1. The van der Waals surface area contributed by atoms with Crippen LogP contribution in [0.4, 0.5) is 11.4 Å². The number of hydrogen-bond acceptors (Lipinski definition) is 4. The number of anilines is 2. The van der Waals surface area contributed by atoms with Crippen LogP contribution in [0, 0.1) is 0 Å². The fourth-order valence-electron chi connectivity index (χ4n) is 2.98. The summed E-state index contributed by atoms with van der Waals surface area (Å²) in [4.78, 5) is 36.3. The van der Waals surface area contributed by atoms with Crippen LogP contribution < -0.4 is 10.6 Å². The molecule has 3 rings (SSSR count). The lowest BCUT2D eigenvalue weighted by Crippen LogP contribution is -2.21. The molecule has 3 aromatic carbocycles. The lowest BCUT2D eigenvalue weighted by Gasteiger charge is -2.12. The second-order valence-electron chi connectivity index (χ2n) is 6.60. The van der Waals surface area contributed by atoms with Crippen molar-refractivity contribution in [3.8, 4) is 0 Å². The maximum Gasteiger partial charge on any atom is 0.340 e. The van der Waals surface area contributed by atoms with Crippen molar-refractivity contribution in [1.29, 1.82) is 0 Å². The number of esters is 1. The lowest BCUT2D eigenvalue weighted by molar-refractivity contribution is -0.119. The molecule has 0 heterocycles. The van der Waals surface area contributed by atoms with Crippen molar-refractivity contribution in [2.75, 3.05) is 17.2 Å². The molecule has 0 aliphatic rings. The van der Waals surface area contributed by atoms with Crippen LogP contribution in [0.2, 0.25) is 0 Å². The van der Waals surface area contributed by atoms with E-state index in [-0.39, 0.29) is 11.5 Å². The molecule has 0 fully saturated rings. The van der Waals surface area contributed by atoms with Crippen molar-refractivity contribution in [1.82, 2.24) is 0 Å². The zero-order chi connectivity index (χ0) is 20.8. The van der Waals surface area contributed by atoms with E-state index in [1.807, 2.05) is 49.4 Å². The normalized spacial score (nSPS) is 10.4. The molecule has 0 radical (unpaired) electrons. The smallest absolute Gasteiger partial charge is 0.340 e. The fourth-order valence-corrected chi connectivity index (χ4v) is 2.98. The minimum absolute atomic E-state index is 0.194. The van der Waals surface area contributed by atoms with Crippen molar-refractivity contribution >= 4 is 39.9 Å². The third-order valence-electron chi connectivity index (χ3n) is 4.37.